The first-order valence-corrected chi connectivity index (χ1v) is 6.81. The van der Waals surface area contributed by atoms with Crippen molar-refractivity contribution >= 4 is 11.7 Å². The van der Waals surface area contributed by atoms with Crippen molar-refractivity contribution in [2.24, 2.45) is 11.8 Å². The molecule has 1 aliphatic carbocycles. The number of rotatable bonds is 5. The number of aliphatic hydroxyl groups is 1. The number of carbonyl (C=O) groups is 1. The summed E-state index contributed by atoms with van der Waals surface area (Å²) in [6.07, 6.45) is 3.33. The number of aryl methyl sites for hydroxylation is 1. The van der Waals surface area contributed by atoms with Crippen LogP contribution >= 0.6 is 0 Å². The minimum atomic E-state index is -0.906. The lowest BCUT2D eigenvalue weighted by Crippen LogP contribution is -2.22. The lowest BCUT2D eigenvalue weighted by molar-refractivity contribution is 0.0697. The van der Waals surface area contributed by atoms with Gasteiger partial charge in [-0.1, -0.05) is 18.6 Å². The lowest BCUT2D eigenvalue weighted by atomic mass is 9.96. The normalized spacial score (nSPS) is 22.4. The molecule has 1 aromatic carbocycles. The van der Waals surface area contributed by atoms with E-state index in [0.29, 0.717) is 23.1 Å². The summed E-state index contributed by atoms with van der Waals surface area (Å²) in [5, 5.41) is 21.8. The number of anilines is 1. The number of para-hydroxylation sites is 1. The van der Waals surface area contributed by atoms with Crippen molar-refractivity contribution in [3.05, 3.63) is 29.3 Å². The van der Waals surface area contributed by atoms with Gasteiger partial charge in [0.1, 0.15) is 0 Å². The predicted molar refractivity (Wildman–Crippen MR) is 74.5 cm³/mol. The van der Waals surface area contributed by atoms with Crippen molar-refractivity contribution in [2.45, 2.75) is 26.2 Å². The third kappa shape index (κ3) is 3.07. The lowest BCUT2D eigenvalue weighted by Gasteiger charge is -2.20. The fourth-order valence-corrected chi connectivity index (χ4v) is 2.94. The fourth-order valence-electron chi connectivity index (χ4n) is 2.94. The summed E-state index contributed by atoms with van der Waals surface area (Å²) in [6, 6.07) is 5.29. The van der Waals surface area contributed by atoms with Crippen LogP contribution in [0.4, 0.5) is 5.69 Å². The van der Waals surface area contributed by atoms with Gasteiger partial charge in [0.15, 0.2) is 0 Å². The van der Waals surface area contributed by atoms with Crippen LogP contribution in [0.1, 0.15) is 35.2 Å². The van der Waals surface area contributed by atoms with E-state index in [1.54, 1.807) is 12.1 Å². The number of benzene rings is 1. The second-order valence-corrected chi connectivity index (χ2v) is 5.32. The van der Waals surface area contributed by atoms with Crippen LogP contribution in [-0.4, -0.2) is 29.3 Å². The molecule has 1 aliphatic rings. The third-order valence-corrected chi connectivity index (χ3v) is 4.10. The van der Waals surface area contributed by atoms with Crippen LogP contribution in [0.5, 0.6) is 0 Å². The predicted octanol–water partition coefficient (Wildman–Crippen LogP) is 2.51. The van der Waals surface area contributed by atoms with Crippen LogP contribution in [0.15, 0.2) is 18.2 Å². The van der Waals surface area contributed by atoms with E-state index in [1.807, 2.05) is 13.0 Å². The van der Waals surface area contributed by atoms with E-state index in [0.717, 1.165) is 31.4 Å². The SMILES string of the molecule is Cc1cccc(C(=O)O)c1NCC1CCCC1CO. The van der Waals surface area contributed by atoms with Gasteiger partial charge in [0.25, 0.3) is 0 Å². The van der Waals surface area contributed by atoms with Gasteiger partial charge in [-0.3, -0.25) is 0 Å². The molecule has 0 heterocycles. The highest BCUT2D eigenvalue weighted by Gasteiger charge is 2.26. The van der Waals surface area contributed by atoms with E-state index in [4.69, 9.17) is 0 Å². The average molecular weight is 263 g/mol. The second kappa shape index (κ2) is 6.06. The zero-order chi connectivity index (χ0) is 13.8. The maximum atomic E-state index is 11.2. The second-order valence-electron chi connectivity index (χ2n) is 5.32. The Morgan fingerprint density at radius 3 is 2.79 bits per heavy atom. The summed E-state index contributed by atoms with van der Waals surface area (Å²) in [5.74, 6) is -0.118. The maximum Gasteiger partial charge on any atom is 0.337 e. The van der Waals surface area contributed by atoms with Gasteiger partial charge in [0, 0.05) is 13.2 Å². The average Bonchev–Trinajstić information content (AvgIpc) is 2.84. The summed E-state index contributed by atoms with van der Waals surface area (Å²) in [7, 11) is 0. The van der Waals surface area contributed by atoms with Gasteiger partial charge in [-0.05, 0) is 43.2 Å². The van der Waals surface area contributed by atoms with Gasteiger partial charge in [-0.2, -0.15) is 0 Å². The molecule has 2 rings (SSSR count). The molecule has 104 valence electrons. The highest BCUT2D eigenvalue weighted by molar-refractivity contribution is 5.95. The van der Waals surface area contributed by atoms with Gasteiger partial charge < -0.3 is 15.5 Å². The summed E-state index contributed by atoms with van der Waals surface area (Å²) in [6.45, 7) is 2.87. The Kier molecular flexibility index (Phi) is 4.43. The van der Waals surface area contributed by atoms with Crippen molar-refractivity contribution < 1.29 is 15.0 Å². The Balaban J connectivity index is 2.09. The van der Waals surface area contributed by atoms with E-state index in [9.17, 15) is 15.0 Å². The topological polar surface area (TPSA) is 69.6 Å². The Hall–Kier alpha value is -1.55. The molecule has 0 spiro atoms. The molecule has 2 unspecified atom stereocenters. The minimum absolute atomic E-state index is 0.228. The molecule has 0 aromatic heterocycles. The summed E-state index contributed by atoms with van der Waals surface area (Å²) in [5.41, 5.74) is 1.97. The van der Waals surface area contributed by atoms with E-state index in [-0.39, 0.29) is 6.61 Å². The van der Waals surface area contributed by atoms with Crippen LogP contribution in [0, 0.1) is 18.8 Å². The number of hydrogen-bond donors (Lipinski definition) is 3. The molecule has 0 bridgehead atoms. The molecule has 4 heteroatoms. The standard InChI is InChI=1S/C15H21NO3/c1-10-4-2-7-13(15(18)19)14(10)16-8-11-5-3-6-12(11)9-17/h2,4,7,11-12,16-17H,3,5-6,8-9H2,1H3,(H,18,19). The molecular weight excluding hydrogens is 242 g/mol. The van der Waals surface area contributed by atoms with Gasteiger partial charge in [-0.25, -0.2) is 4.79 Å². The van der Waals surface area contributed by atoms with E-state index >= 15 is 0 Å². The number of hydrogen-bond acceptors (Lipinski definition) is 3. The van der Waals surface area contributed by atoms with Crippen LogP contribution in [0.2, 0.25) is 0 Å². The molecule has 1 saturated carbocycles. The van der Waals surface area contributed by atoms with Gasteiger partial charge in [0.2, 0.25) is 0 Å². The highest BCUT2D eigenvalue weighted by Crippen LogP contribution is 2.32. The zero-order valence-corrected chi connectivity index (χ0v) is 11.2. The number of nitrogens with one attached hydrogen (secondary N) is 1. The number of carboxylic acid groups (broad SMARTS) is 1. The molecule has 0 radical (unpaired) electrons. The van der Waals surface area contributed by atoms with E-state index in [1.165, 1.54) is 0 Å². The number of aliphatic hydroxyl groups excluding tert-OH is 1. The minimum Gasteiger partial charge on any atom is -0.478 e. The van der Waals surface area contributed by atoms with E-state index < -0.39 is 5.97 Å². The van der Waals surface area contributed by atoms with Crippen molar-refractivity contribution in [1.29, 1.82) is 0 Å². The molecule has 0 aliphatic heterocycles. The fraction of sp³-hybridized carbons (Fsp3) is 0.533. The van der Waals surface area contributed by atoms with Gasteiger partial charge in [0.05, 0.1) is 11.3 Å². The molecule has 1 fully saturated rings. The number of carboxylic acids is 1. The molecule has 2 atom stereocenters. The molecule has 19 heavy (non-hydrogen) atoms. The molecule has 0 amide bonds. The van der Waals surface area contributed by atoms with Gasteiger partial charge >= 0.3 is 5.97 Å². The zero-order valence-electron chi connectivity index (χ0n) is 11.2. The Morgan fingerprint density at radius 1 is 1.37 bits per heavy atom. The maximum absolute atomic E-state index is 11.2. The third-order valence-electron chi connectivity index (χ3n) is 4.10. The highest BCUT2D eigenvalue weighted by atomic mass is 16.4. The Morgan fingerprint density at radius 2 is 2.11 bits per heavy atom. The van der Waals surface area contributed by atoms with Crippen molar-refractivity contribution in [2.75, 3.05) is 18.5 Å². The largest absolute Gasteiger partial charge is 0.478 e. The first-order valence-electron chi connectivity index (χ1n) is 6.81. The van der Waals surface area contributed by atoms with Crippen LogP contribution in [0.3, 0.4) is 0 Å². The van der Waals surface area contributed by atoms with Crippen molar-refractivity contribution in [3.63, 3.8) is 0 Å². The summed E-state index contributed by atoms with van der Waals surface area (Å²) in [4.78, 5) is 11.2. The van der Waals surface area contributed by atoms with Crippen LogP contribution < -0.4 is 5.32 Å². The van der Waals surface area contributed by atoms with Crippen molar-refractivity contribution in [1.82, 2.24) is 0 Å². The van der Waals surface area contributed by atoms with Crippen molar-refractivity contribution in [3.8, 4) is 0 Å². The smallest absolute Gasteiger partial charge is 0.337 e. The summed E-state index contributed by atoms with van der Waals surface area (Å²) < 4.78 is 0. The Bertz CT molecular complexity index is 459. The van der Waals surface area contributed by atoms with Crippen LogP contribution in [0.25, 0.3) is 0 Å². The molecule has 4 nitrogen and oxygen atoms in total. The first kappa shape index (κ1) is 13.9. The quantitative estimate of drug-likeness (QED) is 0.763. The molecule has 1 aromatic rings. The number of aromatic carboxylic acids is 1. The monoisotopic (exact) mass is 263 g/mol. The molecule has 0 saturated heterocycles. The first-order chi connectivity index (χ1) is 9.13. The van der Waals surface area contributed by atoms with Crippen LogP contribution in [-0.2, 0) is 0 Å². The molecular formula is C15H21NO3. The Labute approximate surface area is 113 Å². The van der Waals surface area contributed by atoms with Gasteiger partial charge in [-0.15, -0.1) is 0 Å². The van der Waals surface area contributed by atoms with E-state index in [2.05, 4.69) is 5.32 Å². The summed E-state index contributed by atoms with van der Waals surface area (Å²) >= 11 is 0. The molecule has 3 N–H and O–H groups in total.